The van der Waals surface area contributed by atoms with Crippen molar-refractivity contribution in [1.29, 1.82) is 0 Å². The van der Waals surface area contributed by atoms with E-state index in [1.165, 1.54) is 11.6 Å². The minimum absolute atomic E-state index is 0.149. The zero-order valence-electron chi connectivity index (χ0n) is 12.1. The van der Waals surface area contributed by atoms with Crippen molar-refractivity contribution in [3.8, 4) is 5.75 Å². The molecule has 0 unspecified atom stereocenters. The molecule has 0 spiro atoms. The van der Waals surface area contributed by atoms with Gasteiger partial charge < -0.3 is 15.4 Å². The van der Waals surface area contributed by atoms with Crippen LogP contribution in [0.3, 0.4) is 0 Å². The Morgan fingerprint density at radius 1 is 1.23 bits per heavy atom. The second-order valence-electron chi connectivity index (χ2n) is 4.44. The molecule has 0 fully saturated rings. The number of aliphatic imine (C=N–C) groups is 1. The number of ether oxygens (including phenoxy) is 1. The van der Waals surface area contributed by atoms with Crippen LogP contribution in [0.25, 0.3) is 0 Å². The first-order valence-corrected chi connectivity index (χ1v) is 7.61. The Balaban J connectivity index is 1.85. The predicted octanol–water partition coefficient (Wildman–Crippen LogP) is 3.21. The monoisotopic (exact) mass is 325 g/mol. The molecule has 1 heterocycles. The molecule has 0 saturated carbocycles. The zero-order valence-corrected chi connectivity index (χ0v) is 12.9. The summed E-state index contributed by atoms with van der Waals surface area (Å²) in [5.74, 6) is 0.793. The van der Waals surface area contributed by atoms with E-state index in [4.69, 9.17) is 0 Å². The van der Waals surface area contributed by atoms with E-state index in [1.54, 1.807) is 30.5 Å². The lowest BCUT2D eigenvalue weighted by atomic mass is 10.2. The first-order chi connectivity index (χ1) is 10.7. The van der Waals surface area contributed by atoms with Crippen LogP contribution in [0.4, 0.5) is 8.78 Å². The van der Waals surface area contributed by atoms with Crippen LogP contribution >= 0.6 is 11.3 Å². The highest BCUT2D eigenvalue weighted by Crippen LogP contribution is 2.15. The lowest BCUT2D eigenvalue weighted by Crippen LogP contribution is -2.36. The van der Waals surface area contributed by atoms with Gasteiger partial charge in [0.05, 0.1) is 0 Å². The van der Waals surface area contributed by atoms with Crippen molar-refractivity contribution in [2.45, 2.75) is 19.7 Å². The average molecular weight is 325 g/mol. The number of thiophene rings is 1. The molecule has 2 aromatic rings. The SMILES string of the molecule is CN=C(NCc1ccsc1)NCc1cccc(OC(F)F)c1. The Bertz CT molecular complexity index is 603. The van der Waals surface area contributed by atoms with Crippen LogP contribution < -0.4 is 15.4 Å². The fourth-order valence-corrected chi connectivity index (χ4v) is 2.49. The van der Waals surface area contributed by atoms with E-state index >= 15 is 0 Å². The topological polar surface area (TPSA) is 45.7 Å². The summed E-state index contributed by atoms with van der Waals surface area (Å²) >= 11 is 1.64. The van der Waals surface area contributed by atoms with Gasteiger partial charge in [-0.1, -0.05) is 12.1 Å². The molecular formula is C15H17F2N3OS. The molecule has 7 heteroatoms. The van der Waals surface area contributed by atoms with E-state index < -0.39 is 6.61 Å². The van der Waals surface area contributed by atoms with Crippen LogP contribution in [0.5, 0.6) is 5.75 Å². The largest absolute Gasteiger partial charge is 0.435 e. The lowest BCUT2D eigenvalue weighted by Gasteiger charge is -2.12. The second kappa shape index (κ2) is 8.33. The first kappa shape index (κ1) is 16.2. The summed E-state index contributed by atoms with van der Waals surface area (Å²) in [6.07, 6.45) is 0. The highest BCUT2D eigenvalue weighted by molar-refractivity contribution is 7.07. The summed E-state index contributed by atoms with van der Waals surface area (Å²) in [7, 11) is 1.68. The molecule has 2 rings (SSSR count). The number of nitrogens with zero attached hydrogens (tertiary/aromatic N) is 1. The van der Waals surface area contributed by atoms with Gasteiger partial charge in [0, 0.05) is 20.1 Å². The van der Waals surface area contributed by atoms with Crippen LogP contribution in [0, 0.1) is 0 Å². The van der Waals surface area contributed by atoms with E-state index in [9.17, 15) is 8.78 Å². The number of rotatable bonds is 6. The van der Waals surface area contributed by atoms with Crippen molar-refractivity contribution in [2.75, 3.05) is 7.05 Å². The summed E-state index contributed by atoms with van der Waals surface area (Å²) in [4.78, 5) is 4.12. The van der Waals surface area contributed by atoms with Crippen LogP contribution in [0.15, 0.2) is 46.1 Å². The molecular weight excluding hydrogens is 308 g/mol. The minimum atomic E-state index is -2.82. The van der Waals surface area contributed by atoms with Gasteiger partial charge >= 0.3 is 6.61 Å². The van der Waals surface area contributed by atoms with Gasteiger partial charge in [-0.25, -0.2) is 0 Å². The van der Waals surface area contributed by atoms with Gasteiger partial charge in [0.2, 0.25) is 0 Å². The van der Waals surface area contributed by atoms with E-state index in [-0.39, 0.29) is 5.75 Å². The zero-order chi connectivity index (χ0) is 15.8. The molecule has 1 aromatic heterocycles. The first-order valence-electron chi connectivity index (χ1n) is 6.66. The van der Waals surface area contributed by atoms with Crippen molar-refractivity contribution in [3.63, 3.8) is 0 Å². The molecule has 0 atom stereocenters. The fraction of sp³-hybridized carbons (Fsp3) is 0.267. The van der Waals surface area contributed by atoms with Crippen molar-refractivity contribution < 1.29 is 13.5 Å². The second-order valence-corrected chi connectivity index (χ2v) is 5.22. The van der Waals surface area contributed by atoms with Gasteiger partial charge in [-0.3, -0.25) is 4.99 Å². The number of nitrogens with one attached hydrogen (secondary N) is 2. The normalized spacial score (nSPS) is 11.5. The molecule has 0 aliphatic rings. The van der Waals surface area contributed by atoms with Crippen molar-refractivity contribution >= 4 is 17.3 Å². The van der Waals surface area contributed by atoms with Gasteiger partial charge in [0.15, 0.2) is 5.96 Å². The smallest absolute Gasteiger partial charge is 0.387 e. The molecule has 0 amide bonds. The van der Waals surface area contributed by atoms with Gasteiger partial charge in [-0.15, -0.1) is 0 Å². The number of alkyl halides is 2. The van der Waals surface area contributed by atoms with E-state index in [0.717, 1.165) is 5.56 Å². The third-order valence-electron chi connectivity index (χ3n) is 2.85. The average Bonchev–Trinajstić information content (AvgIpc) is 3.00. The summed E-state index contributed by atoms with van der Waals surface area (Å²) in [5, 5.41) is 10.4. The van der Waals surface area contributed by atoms with Gasteiger partial charge in [0.1, 0.15) is 5.75 Å². The van der Waals surface area contributed by atoms with Crippen molar-refractivity contribution in [3.05, 3.63) is 52.2 Å². The maximum atomic E-state index is 12.2. The third-order valence-corrected chi connectivity index (χ3v) is 3.58. The van der Waals surface area contributed by atoms with Crippen LogP contribution in [-0.2, 0) is 13.1 Å². The molecule has 118 valence electrons. The van der Waals surface area contributed by atoms with E-state index in [0.29, 0.717) is 19.0 Å². The third kappa shape index (κ3) is 5.33. The van der Waals surface area contributed by atoms with Gasteiger partial charge in [-0.05, 0) is 40.1 Å². The molecule has 0 saturated heterocycles. The summed E-state index contributed by atoms with van der Waals surface area (Å²) < 4.78 is 28.8. The molecule has 0 aliphatic carbocycles. The Morgan fingerprint density at radius 3 is 2.64 bits per heavy atom. The number of guanidine groups is 1. The van der Waals surface area contributed by atoms with Crippen molar-refractivity contribution in [2.24, 2.45) is 4.99 Å². The fourth-order valence-electron chi connectivity index (χ4n) is 1.82. The molecule has 22 heavy (non-hydrogen) atoms. The van der Waals surface area contributed by atoms with Gasteiger partial charge in [0.25, 0.3) is 0 Å². The Hall–Kier alpha value is -2.15. The van der Waals surface area contributed by atoms with Gasteiger partial charge in [-0.2, -0.15) is 20.1 Å². The standard InChI is InChI=1S/C15H17F2N3OS/c1-18-15(20-9-12-5-6-22-10-12)19-8-11-3-2-4-13(7-11)21-14(16)17/h2-7,10,14H,8-9H2,1H3,(H2,18,19,20). The summed E-state index contributed by atoms with van der Waals surface area (Å²) in [5.41, 5.74) is 2.01. The molecule has 0 radical (unpaired) electrons. The minimum Gasteiger partial charge on any atom is -0.435 e. The quantitative estimate of drug-likeness (QED) is 0.633. The van der Waals surface area contributed by atoms with Crippen molar-refractivity contribution in [1.82, 2.24) is 10.6 Å². The Labute approximate surface area is 131 Å². The number of benzene rings is 1. The Kier molecular flexibility index (Phi) is 6.14. The molecule has 4 nitrogen and oxygen atoms in total. The van der Waals surface area contributed by atoms with Crippen LogP contribution in [0.2, 0.25) is 0 Å². The molecule has 2 N–H and O–H groups in total. The maximum Gasteiger partial charge on any atom is 0.387 e. The number of hydrogen-bond acceptors (Lipinski definition) is 3. The number of hydrogen-bond donors (Lipinski definition) is 2. The van der Waals surface area contributed by atoms with E-state index in [1.807, 2.05) is 17.5 Å². The lowest BCUT2D eigenvalue weighted by molar-refractivity contribution is -0.0498. The number of halogens is 2. The predicted molar refractivity (Wildman–Crippen MR) is 84.4 cm³/mol. The summed E-state index contributed by atoms with van der Waals surface area (Å²) in [6, 6.07) is 8.62. The molecule has 0 bridgehead atoms. The Morgan fingerprint density at radius 2 is 2.00 bits per heavy atom. The van der Waals surface area contributed by atoms with Crippen LogP contribution in [-0.4, -0.2) is 19.6 Å². The highest BCUT2D eigenvalue weighted by Gasteiger charge is 2.05. The molecule has 1 aromatic carbocycles. The van der Waals surface area contributed by atoms with E-state index in [2.05, 4.69) is 25.7 Å². The summed E-state index contributed by atoms with van der Waals surface area (Å²) in [6.45, 7) is -1.68. The molecule has 0 aliphatic heterocycles. The highest BCUT2D eigenvalue weighted by atomic mass is 32.1. The van der Waals surface area contributed by atoms with Crippen LogP contribution in [0.1, 0.15) is 11.1 Å². The maximum absolute atomic E-state index is 12.2.